The van der Waals surface area contributed by atoms with Crippen molar-refractivity contribution in [1.82, 2.24) is 9.80 Å². The van der Waals surface area contributed by atoms with Gasteiger partial charge in [-0.2, -0.15) is 0 Å². The maximum Gasteiger partial charge on any atom is 0.146 e. The summed E-state index contributed by atoms with van der Waals surface area (Å²) in [6.45, 7) is 15.2. The second kappa shape index (κ2) is 14.2. The first kappa shape index (κ1) is 30.2. The van der Waals surface area contributed by atoms with Crippen LogP contribution in [0.3, 0.4) is 0 Å². The number of aliphatic imine (C=N–C) groups is 1. The highest BCUT2D eigenvalue weighted by molar-refractivity contribution is 6.44. The minimum absolute atomic E-state index is 0.231. The van der Waals surface area contributed by atoms with Crippen LogP contribution in [0.15, 0.2) is 58.6 Å². The van der Waals surface area contributed by atoms with Crippen LogP contribution in [0.1, 0.15) is 52.0 Å². The third-order valence-corrected chi connectivity index (χ3v) is 8.47. The Morgan fingerprint density at radius 3 is 2.27 bits per heavy atom. The molecule has 2 N–H and O–H groups in total. The summed E-state index contributed by atoms with van der Waals surface area (Å²) in [6.07, 6.45) is 4.04. The average molecular weight is 567 g/mol. The van der Waals surface area contributed by atoms with E-state index in [-0.39, 0.29) is 6.17 Å². The van der Waals surface area contributed by atoms with Gasteiger partial charge in [-0.15, -0.1) is 0 Å². The lowest BCUT2D eigenvalue weighted by Gasteiger charge is -2.42. The molecule has 7 nitrogen and oxygen atoms in total. The highest BCUT2D eigenvalue weighted by atomic mass is 35.5. The van der Waals surface area contributed by atoms with Crippen molar-refractivity contribution in [3.05, 3.63) is 59.1 Å². The van der Waals surface area contributed by atoms with Gasteiger partial charge in [0.25, 0.3) is 0 Å². The number of allylic oxidation sites excluding steroid dienone is 1. The Balaban J connectivity index is 1.39. The predicted octanol–water partition coefficient (Wildman–Crippen LogP) is 6.45. The lowest BCUT2D eigenvalue weighted by molar-refractivity contribution is 0.0982. The monoisotopic (exact) mass is 566 g/mol. The molecule has 2 aliphatic rings. The number of amidine groups is 1. The summed E-state index contributed by atoms with van der Waals surface area (Å²) in [5, 5.41) is 7.46. The van der Waals surface area contributed by atoms with Crippen LogP contribution < -0.4 is 20.3 Å². The topological polar surface area (TPSA) is 55.4 Å². The van der Waals surface area contributed by atoms with Gasteiger partial charge in [0.15, 0.2) is 0 Å². The third kappa shape index (κ3) is 7.93. The van der Waals surface area contributed by atoms with Gasteiger partial charge >= 0.3 is 0 Å². The Kier molecular flexibility index (Phi) is 10.8. The van der Waals surface area contributed by atoms with E-state index in [0.717, 1.165) is 30.2 Å². The first-order valence-electron chi connectivity index (χ1n) is 14.7. The van der Waals surface area contributed by atoms with Gasteiger partial charge in [-0.3, -0.25) is 4.90 Å². The molecule has 0 spiro atoms. The number of benzene rings is 2. The van der Waals surface area contributed by atoms with Crippen molar-refractivity contribution >= 4 is 34.5 Å². The largest absolute Gasteiger partial charge is 0.495 e. The summed E-state index contributed by atoms with van der Waals surface area (Å²) in [5.41, 5.74) is 4.37. The molecule has 0 radical (unpaired) electrons. The van der Waals surface area contributed by atoms with E-state index in [1.165, 1.54) is 50.3 Å². The highest BCUT2D eigenvalue weighted by Gasteiger charge is 2.27. The number of methoxy groups -OCH3 is 1. The molecule has 1 atom stereocenters. The maximum absolute atomic E-state index is 6.55. The zero-order valence-corrected chi connectivity index (χ0v) is 25.8. The molecule has 218 valence electrons. The summed E-state index contributed by atoms with van der Waals surface area (Å²) in [6, 6.07) is 15.5. The van der Waals surface area contributed by atoms with Crippen LogP contribution in [-0.4, -0.2) is 81.3 Å². The molecule has 40 heavy (non-hydrogen) atoms. The van der Waals surface area contributed by atoms with Crippen molar-refractivity contribution in [3.63, 3.8) is 0 Å². The Morgan fingerprint density at radius 1 is 1.00 bits per heavy atom. The lowest BCUT2D eigenvalue weighted by Crippen LogP contribution is -2.52. The molecule has 4 rings (SSSR count). The van der Waals surface area contributed by atoms with Crippen LogP contribution >= 0.6 is 11.6 Å². The summed E-state index contributed by atoms with van der Waals surface area (Å²) < 4.78 is 5.80. The molecule has 2 aromatic carbocycles. The van der Waals surface area contributed by atoms with Gasteiger partial charge in [0.2, 0.25) is 0 Å². The molecule has 2 aliphatic heterocycles. The fraction of sp³-hybridized carbons (Fsp3) is 0.531. The summed E-state index contributed by atoms with van der Waals surface area (Å²) >= 11 is 6.55. The van der Waals surface area contributed by atoms with Crippen LogP contribution in [0.25, 0.3) is 0 Å². The van der Waals surface area contributed by atoms with Gasteiger partial charge in [0.1, 0.15) is 17.8 Å². The molecule has 2 heterocycles. The van der Waals surface area contributed by atoms with E-state index in [1.807, 2.05) is 19.9 Å². The van der Waals surface area contributed by atoms with Crippen molar-refractivity contribution in [3.8, 4) is 5.75 Å². The van der Waals surface area contributed by atoms with Crippen molar-refractivity contribution in [1.29, 1.82) is 0 Å². The normalized spacial score (nSPS) is 19.1. The zero-order chi connectivity index (χ0) is 28.6. The molecule has 0 amide bonds. The van der Waals surface area contributed by atoms with Crippen molar-refractivity contribution < 1.29 is 4.74 Å². The fourth-order valence-electron chi connectivity index (χ4n) is 5.50. The number of halogens is 1. The molecule has 0 saturated carbocycles. The number of nitrogens with one attached hydrogen (secondary N) is 2. The number of ether oxygens (including phenoxy) is 1. The van der Waals surface area contributed by atoms with E-state index in [9.17, 15) is 0 Å². The summed E-state index contributed by atoms with van der Waals surface area (Å²) in [5.74, 6) is 1.93. The standard InChI is InChI=1S/C32H47ClN6O/c1-7-29(33)32(36-26-10-8-25(9-11-26)23(2)3)35-24(4)34-30-13-12-28(22-31(30)40-6)38-16-14-27(15-17-38)39-20-18-37(5)19-21-39/h7-13,22-24,27,34H,14-21H2,1-6H3,(H,35,36)/b29-7+. The molecule has 2 aromatic rings. The number of likely N-dealkylation sites (N-methyl/N-ethyl adjacent to an activating group) is 1. The van der Waals surface area contributed by atoms with Gasteiger partial charge < -0.3 is 25.2 Å². The third-order valence-electron chi connectivity index (χ3n) is 8.08. The Morgan fingerprint density at radius 2 is 1.68 bits per heavy atom. The minimum Gasteiger partial charge on any atom is -0.495 e. The molecule has 0 aliphatic carbocycles. The zero-order valence-electron chi connectivity index (χ0n) is 25.1. The van der Waals surface area contributed by atoms with Gasteiger partial charge in [-0.1, -0.05) is 43.7 Å². The quantitative estimate of drug-likeness (QED) is 0.269. The highest BCUT2D eigenvalue weighted by Crippen LogP contribution is 2.32. The predicted molar refractivity (Wildman–Crippen MR) is 172 cm³/mol. The van der Waals surface area contributed by atoms with Gasteiger partial charge in [-0.25, -0.2) is 4.99 Å². The van der Waals surface area contributed by atoms with Crippen LogP contribution in [0.4, 0.5) is 17.1 Å². The number of anilines is 3. The van der Waals surface area contributed by atoms with Crippen molar-refractivity contribution in [2.75, 3.05) is 69.0 Å². The SMILES string of the molecule is C/C=C(Cl)\C(=N/C(C)Nc1ccc(N2CCC(N3CCN(C)CC3)CC2)cc1OC)Nc1ccc(C(C)C)cc1. The van der Waals surface area contributed by atoms with Crippen LogP contribution in [0, 0.1) is 0 Å². The van der Waals surface area contributed by atoms with Gasteiger partial charge in [0.05, 0.1) is 17.8 Å². The van der Waals surface area contributed by atoms with Gasteiger partial charge in [-0.05, 0) is 69.5 Å². The van der Waals surface area contributed by atoms with Gasteiger partial charge in [0, 0.05) is 62.8 Å². The first-order valence-corrected chi connectivity index (χ1v) is 15.0. The summed E-state index contributed by atoms with van der Waals surface area (Å²) in [7, 11) is 3.95. The molecule has 1 unspecified atom stereocenters. The van der Waals surface area contributed by atoms with Crippen molar-refractivity contribution in [2.24, 2.45) is 4.99 Å². The maximum atomic E-state index is 6.55. The van der Waals surface area contributed by atoms with Crippen molar-refractivity contribution in [2.45, 2.75) is 58.7 Å². The second-order valence-corrected chi connectivity index (χ2v) is 11.7. The Bertz CT molecular complexity index is 1150. The second-order valence-electron chi connectivity index (χ2n) is 11.3. The number of hydrogen-bond donors (Lipinski definition) is 2. The van der Waals surface area contributed by atoms with E-state index in [2.05, 4.69) is 88.7 Å². The number of nitrogens with zero attached hydrogens (tertiary/aromatic N) is 4. The molecular formula is C32H47ClN6O. The van der Waals surface area contributed by atoms with E-state index in [4.69, 9.17) is 21.3 Å². The van der Waals surface area contributed by atoms with E-state index >= 15 is 0 Å². The smallest absolute Gasteiger partial charge is 0.146 e. The molecular weight excluding hydrogens is 520 g/mol. The van der Waals surface area contributed by atoms with E-state index in [0.29, 0.717) is 22.8 Å². The fourth-order valence-corrected chi connectivity index (χ4v) is 5.60. The van der Waals surface area contributed by atoms with Crippen LogP contribution in [0.5, 0.6) is 5.75 Å². The molecule has 8 heteroatoms. The van der Waals surface area contributed by atoms with Crippen LogP contribution in [0.2, 0.25) is 0 Å². The van der Waals surface area contributed by atoms with Crippen LogP contribution in [-0.2, 0) is 0 Å². The first-order chi connectivity index (χ1) is 19.3. The molecule has 0 bridgehead atoms. The number of rotatable bonds is 9. The Hall–Kier alpha value is -2.74. The lowest BCUT2D eigenvalue weighted by atomic mass is 10.0. The number of hydrogen-bond acceptors (Lipinski definition) is 6. The molecule has 2 saturated heterocycles. The summed E-state index contributed by atoms with van der Waals surface area (Å²) in [4.78, 5) is 12.5. The average Bonchev–Trinajstić information content (AvgIpc) is 2.97. The minimum atomic E-state index is -0.231. The molecule has 2 fully saturated rings. The number of piperidine rings is 1. The Labute approximate surface area is 246 Å². The van der Waals surface area contributed by atoms with E-state index in [1.54, 1.807) is 7.11 Å². The molecule has 0 aromatic heterocycles. The number of piperazine rings is 1. The van der Waals surface area contributed by atoms with E-state index < -0.39 is 0 Å².